The van der Waals surface area contributed by atoms with Gasteiger partial charge in [-0.2, -0.15) is 0 Å². The monoisotopic (exact) mass is 202 g/mol. The van der Waals surface area contributed by atoms with Crippen LogP contribution in [0.4, 0.5) is 0 Å². The molecule has 0 aliphatic carbocycles. The SMILES string of the molecule is C=C1NC(C)(C)N2C(=C)C=CC(CC)=C12. The standard InChI is InChI=1S/C13H18N2/c1-6-11-8-7-9(2)15-12(11)10(3)14-13(15,4)5/h7-8,14H,2-3,6H2,1,4-5H3. The highest BCUT2D eigenvalue weighted by atomic mass is 15.4. The van der Waals surface area contributed by atoms with E-state index in [-0.39, 0.29) is 5.66 Å². The Morgan fingerprint density at radius 3 is 2.60 bits per heavy atom. The first-order chi connectivity index (χ1) is 6.97. The first kappa shape index (κ1) is 10.1. The second kappa shape index (κ2) is 3.02. The summed E-state index contributed by atoms with van der Waals surface area (Å²) in [6.07, 6.45) is 5.24. The average molecular weight is 202 g/mol. The fraction of sp³-hybridized carbons (Fsp3) is 0.385. The molecule has 1 N–H and O–H groups in total. The molecule has 1 saturated heterocycles. The Morgan fingerprint density at radius 1 is 1.33 bits per heavy atom. The van der Waals surface area contributed by atoms with Crippen LogP contribution in [0, 0.1) is 0 Å². The van der Waals surface area contributed by atoms with Crippen molar-refractivity contribution in [2.45, 2.75) is 32.9 Å². The molecule has 0 spiro atoms. The van der Waals surface area contributed by atoms with Gasteiger partial charge in [0, 0.05) is 5.70 Å². The number of allylic oxidation sites excluding steroid dienone is 3. The number of nitrogens with zero attached hydrogens (tertiary/aromatic N) is 1. The number of hydrogen-bond donors (Lipinski definition) is 1. The lowest BCUT2D eigenvalue weighted by molar-refractivity contribution is 0.235. The minimum absolute atomic E-state index is 0.116. The molecular formula is C13H18N2. The summed E-state index contributed by atoms with van der Waals surface area (Å²) >= 11 is 0. The van der Waals surface area contributed by atoms with Crippen molar-refractivity contribution in [3.05, 3.63) is 48.0 Å². The van der Waals surface area contributed by atoms with E-state index in [1.807, 2.05) is 0 Å². The zero-order chi connectivity index (χ0) is 11.2. The van der Waals surface area contributed by atoms with Crippen LogP contribution >= 0.6 is 0 Å². The van der Waals surface area contributed by atoms with Crippen LogP contribution in [0.2, 0.25) is 0 Å². The second-order valence-corrected chi connectivity index (χ2v) is 4.55. The molecule has 0 amide bonds. The van der Waals surface area contributed by atoms with Crippen LogP contribution in [0.1, 0.15) is 27.2 Å². The second-order valence-electron chi connectivity index (χ2n) is 4.55. The van der Waals surface area contributed by atoms with Crippen molar-refractivity contribution in [3.63, 3.8) is 0 Å². The Morgan fingerprint density at radius 2 is 2.00 bits per heavy atom. The molecule has 0 bridgehead atoms. The molecule has 2 nitrogen and oxygen atoms in total. The lowest BCUT2D eigenvalue weighted by Crippen LogP contribution is -2.44. The van der Waals surface area contributed by atoms with Gasteiger partial charge in [-0.25, -0.2) is 0 Å². The normalized spacial score (nSPS) is 23.3. The van der Waals surface area contributed by atoms with E-state index in [0.29, 0.717) is 0 Å². The number of nitrogens with one attached hydrogen (secondary N) is 1. The minimum Gasteiger partial charge on any atom is -0.362 e. The molecule has 0 aromatic heterocycles. The average Bonchev–Trinajstić information content (AvgIpc) is 2.39. The molecule has 0 atom stereocenters. The van der Waals surface area contributed by atoms with Crippen LogP contribution in [-0.2, 0) is 0 Å². The fourth-order valence-electron chi connectivity index (χ4n) is 2.37. The maximum Gasteiger partial charge on any atom is 0.109 e. The van der Waals surface area contributed by atoms with E-state index in [1.165, 1.54) is 11.3 Å². The highest BCUT2D eigenvalue weighted by molar-refractivity contribution is 5.50. The Balaban J connectivity index is 2.58. The summed E-state index contributed by atoms with van der Waals surface area (Å²) in [6, 6.07) is 0. The highest BCUT2D eigenvalue weighted by Crippen LogP contribution is 2.39. The minimum atomic E-state index is -0.116. The maximum atomic E-state index is 4.08. The van der Waals surface area contributed by atoms with Gasteiger partial charge in [0.25, 0.3) is 0 Å². The van der Waals surface area contributed by atoms with Crippen molar-refractivity contribution in [3.8, 4) is 0 Å². The first-order valence-electron chi connectivity index (χ1n) is 5.35. The molecule has 0 saturated carbocycles. The predicted molar refractivity (Wildman–Crippen MR) is 63.8 cm³/mol. The smallest absolute Gasteiger partial charge is 0.109 e. The van der Waals surface area contributed by atoms with Gasteiger partial charge in [0.05, 0.1) is 11.4 Å². The number of fused-ring (bicyclic) bond motifs is 1. The van der Waals surface area contributed by atoms with Gasteiger partial charge in [-0.1, -0.05) is 26.2 Å². The van der Waals surface area contributed by atoms with Gasteiger partial charge < -0.3 is 10.2 Å². The van der Waals surface area contributed by atoms with Crippen molar-refractivity contribution < 1.29 is 0 Å². The van der Waals surface area contributed by atoms with E-state index >= 15 is 0 Å². The lowest BCUT2D eigenvalue weighted by atomic mass is 10.0. The van der Waals surface area contributed by atoms with Crippen LogP contribution in [0.15, 0.2) is 48.0 Å². The van der Waals surface area contributed by atoms with Gasteiger partial charge in [-0.3, -0.25) is 0 Å². The van der Waals surface area contributed by atoms with Crippen molar-refractivity contribution >= 4 is 0 Å². The summed E-state index contributed by atoms with van der Waals surface area (Å²) in [6.45, 7) is 14.6. The zero-order valence-electron chi connectivity index (χ0n) is 9.72. The van der Waals surface area contributed by atoms with Crippen LogP contribution in [0.25, 0.3) is 0 Å². The Bertz CT molecular complexity index is 397. The van der Waals surface area contributed by atoms with Gasteiger partial charge in [0.2, 0.25) is 0 Å². The van der Waals surface area contributed by atoms with Gasteiger partial charge >= 0.3 is 0 Å². The zero-order valence-corrected chi connectivity index (χ0v) is 9.72. The maximum absolute atomic E-state index is 4.08. The molecule has 0 aromatic carbocycles. The summed E-state index contributed by atoms with van der Waals surface area (Å²) in [5.74, 6) is 0. The summed E-state index contributed by atoms with van der Waals surface area (Å²) in [5, 5.41) is 3.40. The molecular weight excluding hydrogens is 184 g/mol. The van der Waals surface area contributed by atoms with Crippen LogP contribution in [0.5, 0.6) is 0 Å². The third kappa shape index (κ3) is 1.32. The lowest BCUT2D eigenvalue weighted by Gasteiger charge is -2.35. The van der Waals surface area contributed by atoms with E-state index < -0.39 is 0 Å². The van der Waals surface area contributed by atoms with E-state index in [2.05, 4.69) is 56.3 Å². The highest BCUT2D eigenvalue weighted by Gasteiger charge is 2.40. The van der Waals surface area contributed by atoms with Crippen molar-refractivity contribution in [1.29, 1.82) is 0 Å². The molecule has 2 heterocycles. The summed E-state index contributed by atoms with van der Waals surface area (Å²) in [7, 11) is 0. The fourth-order valence-corrected chi connectivity index (χ4v) is 2.37. The van der Waals surface area contributed by atoms with Gasteiger partial charge in [0.15, 0.2) is 0 Å². The van der Waals surface area contributed by atoms with Crippen LogP contribution < -0.4 is 5.32 Å². The van der Waals surface area contributed by atoms with Gasteiger partial charge in [-0.15, -0.1) is 0 Å². The molecule has 0 aromatic rings. The largest absolute Gasteiger partial charge is 0.362 e. The van der Waals surface area contributed by atoms with Gasteiger partial charge in [0.1, 0.15) is 5.66 Å². The Kier molecular flexibility index (Phi) is 2.03. The van der Waals surface area contributed by atoms with E-state index in [9.17, 15) is 0 Å². The Labute approximate surface area is 91.7 Å². The van der Waals surface area contributed by atoms with Crippen LogP contribution in [0.3, 0.4) is 0 Å². The summed E-state index contributed by atoms with van der Waals surface area (Å²) in [4.78, 5) is 2.23. The molecule has 0 unspecified atom stereocenters. The summed E-state index contributed by atoms with van der Waals surface area (Å²) in [5.41, 5.74) is 4.44. The third-order valence-electron chi connectivity index (χ3n) is 2.97. The van der Waals surface area contributed by atoms with Crippen LogP contribution in [-0.4, -0.2) is 10.6 Å². The quantitative estimate of drug-likeness (QED) is 0.703. The molecule has 2 heteroatoms. The number of hydrogen-bond acceptors (Lipinski definition) is 2. The van der Waals surface area contributed by atoms with E-state index in [4.69, 9.17) is 0 Å². The van der Waals surface area contributed by atoms with Gasteiger partial charge in [-0.05, 0) is 31.9 Å². The van der Waals surface area contributed by atoms with Crippen molar-refractivity contribution in [1.82, 2.24) is 10.2 Å². The Hall–Kier alpha value is -1.44. The van der Waals surface area contributed by atoms with E-state index in [0.717, 1.165) is 17.8 Å². The summed E-state index contributed by atoms with van der Waals surface area (Å²) < 4.78 is 0. The molecule has 0 radical (unpaired) electrons. The molecule has 2 aliphatic heterocycles. The molecule has 1 fully saturated rings. The predicted octanol–water partition coefficient (Wildman–Crippen LogP) is 2.89. The first-order valence-corrected chi connectivity index (χ1v) is 5.35. The van der Waals surface area contributed by atoms with Crippen molar-refractivity contribution in [2.75, 3.05) is 0 Å². The number of rotatable bonds is 1. The molecule has 2 rings (SSSR count). The molecule has 80 valence electrons. The van der Waals surface area contributed by atoms with E-state index in [1.54, 1.807) is 0 Å². The third-order valence-corrected chi connectivity index (χ3v) is 2.97. The molecule has 2 aliphatic rings. The topological polar surface area (TPSA) is 15.3 Å². The van der Waals surface area contributed by atoms with Crippen molar-refractivity contribution in [2.24, 2.45) is 0 Å². The molecule has 15 heavy (non-hydrogen) atoms.